The van der Waals surface area contributed by atoms with Gasteiger partial charge in [-0.15, -0.1) is 0 Å². The van der Waals surface area contributed by atoms with E-state index in [1.165, 1.54) is 7.05 Å². The van der Waals surface area contributed by atoms with Crippen LogP contribution in [-0.4, -0.2) is 26.0 Å². The van der Waals surface area contributed by atoms with Gasteiger partial charge >= 0.3 is 0 Å². The average molecular weight is 133 g/mol. The molecule has 0 aromatic rings. The Morgan fingerprint density at radius 3 is 1.56 bits per heavy atom. The van der Waals surface area contributed by atoms with Crippen LogP contribution in [-0.2, 0) is 9.47 Å². The molecule has 3 heteroatoms. The Bertz CT molecular complexity index is 65.5. The van der Waals surface area contributed by atoms with Crippen molar-refractivity contribution in [1.82, 2.24) is 0 Å². The molecule has 1 aliphatic rings. The van der Waals surface area contributed by atoms with Gasteiger partial charge < -0.3 is 15.2 Å². The lowest BCUT2D eigenvalue weighted by Gasteiger charge is -2.13. The molecule has 0 unspecified atom stereocenters. The highest BCUT2D eigenvalue weighted by Crippen LogP contribution is 2.15. The van der Waals surface area contributed by atoms with Gasteiger partial charge in [-0.25, -0.2) is 0 Å². The second kappa shape index (κ2) is 3.82. The highest BCUT2D eigenvalue weighted by molar-refractivity contribution is 4.58. The molecule has 0 aromatic carbocycles. The molecule has 0 saturated carbocycles. The molecule has 0 aliphatic carbocycles. The van der Waals surface area contributed by atoms with Gasteiger partial charge in [-0.05, 0) is 20.9 Å². The van der Waals surface area contributed by atoms with Gasteiger partial charge in [0, 0.05) is 0 Å². The van der Waals surface area contributed by atoms with Gasteiger partial charge in [-0.3, -0.25) is 0 Å². The van der Waals surface area contributed by atoms with Crippen LogP contribution in [0.3, 0.4) is 0 Å². The Morgan fingerprint density at radius 1 is 1.11 bits per heavy atom. The largest absolute Gasteiger partial charge is 0.348 e. The first kappa shape index (κ1) is 8.88. The van der Waals surface area contributed by atoms with Gasteiger partial charge in [0.05, 0.1) is 13.2 Å². The summed E-state index contributed by atoms with van der Waals surface area (Å²) in [5.41, 5.74) is 4.50. The molecule has 0 aromatic heterocycles. The fourth-order valence-electron chi connectivity index (χ4n) is 0.617. The fourth-order valence-corrected chi connectivity index (χ4v) is 0.617. The van der Waals surface area contributed by atoms with Gasteiger partial charge in [0.1, 0.15) is 0 Å². The van der Waals surface area contributed by atoms with Crippen molar-refractivity contribution in [2.75, 3.05) is 20.3 Å². The molecule has 1 aliphatic heterocycles. The molecule has 0 bridgehead atoms. The highest BCUT2D eigenvalue weighted by Gasteiger charge is 2.23. The van der Waals surface area contributed by atoms with Crippen molar-refractivity contribution < 1.29 is 9.47 Å². The summed E-state index contributed by atoms with van der Waals surface area (Å²) in [7, 11) is 1.50. The van der Waals surface area contributed by atoms with E-state index in [-0.39, 0.29) is 5.79 Å². The molecule has 9 heavy (non-hydrogen) atoms. The summed E-state index contributed by atoms with van der Waals surface area (Å²) >= 11 is 0. The van der Waals surface area contributed by atoms with Crippen LogP contribution in [0.4, 0.5) is 0 Å². The number of hydrogen-bond acceptors (Lipinski definition) is 3. The molecule has 1 rings (SSSR count). The van der Waals surface area contributed by atoms with Gasteiger partial charge in [-0.2, -0.15) is 0 Å². The zero-order valence-electron chi connectivity index (χ0n) is 6.31. The first-order valence-electron chi connectivity index (χ1n) is 3.06. The topological polar surface area (TPSA) is 44.5 Å². The van der Waals surface area contributed by atoms with Crippen LogP contribution in [0.2, 0.25) is 0 Å². The van der Waals surface area contributed by atoms with Crippen LogP contribution in [0.5, 0.6) is 0 Å². The van der Waals surface area contributed by atoms with Gasteiger partial charge in [0.25, 0.3) is 0 Å². The van der Waals surface area contributed by atoms with Crippen molar-refractivity contribution in [2.45, 2.75) is 19.6 Å². The Balaban J connectivity index is 0.000000291. The standard InChI is InChI=1S/C5H10O2.CH5N/c1-5(2)6-3-4-7-5;1-2/h3-4H2,1-2H3;2H2,1H3. The summed E-state index contributed by atoms with van der Waals surface area (Å²) < 4.78 is 10.2. The summed E-state index contributed by atoms with van der Waals surface area (Å²) in [4.78, 5) is 0. The van der Waals surface area contributed by atoms with Crippen molar-refractivity contribution in [1.29, 1.82) is 0 Å². The maximum Gasteiger partial charge on any atom is 0.162 e. The molecule has 1 heterocycles. The summed E-state index contributed by atoms with van der Waals surface area (Å²) in [5.74, 6) is -0.306. The third kappa shape index (κ3) is 3.46. The minimum Gasteiger partial charge on any atom is -0.348 e. The number of hydrogen-bond donors (Lipinski definition) is 1. The lowest BCUT2D eigenvalue weighted by Crippen LogP contribution is -2.18. The van der Waals surface area contributed by atoms with Crippen molar-refractivity contribution in [3.05, 3.63) is 0 Å². The monoisotopic (exact) mass is 133 g/mol. The van der Waals surface area contributed by atoms with Crippen molar-refractivity contribution in [2.24, 2.45) is 5.73 Å². The van der Waals surface area contributed by atoms with Gasteiger partial charge in [0.15, 0.2) is 5.79 Å². The Kier molecular flexibility index (Phi) is 3.77. The lowest BCUT2D eigenvalue weighted by atomic mass is 10.4. The number of ether oxygens (including phenoxy) is 2. The smallest absolute Gasteiger partial charge is 0.162 e. The van der Waals surface area contributed by atoms with Gasteiger partial charge in [-0.1, -0.05) is 0 Å². The molecule has 0 amide bonds. The normalized spacial score (nSPS) is 22.7. The first-order chi connectivity index (χ1) is 4.21. The van der Waals surface area contributed by atoms with Crippen LogP contribution in [0.1, 0.15) is 13.8 Å². The highest BCUT2D eigenvalue weighted by atomic mass is 16.7. The van der Waals surface area contributed by atoms with E-state index in [2.05, 4.69) is 5.73 Å². The van der Waals surface area contributed by atoms with E-state index in [0.29, 0.717) is 0 Å². The summed E-state index contributed by atoms with van der Waals surface area (Å²) in [6, 6.07) is 0. The molecular weight excluding hydrogens is 118 g/mol. The van der Waals surface area contributed by atoms with E-state index in [9.17, 15) is 0 Å². The van der Waals surface area contributed by atoms with Crippen LogP contribution < -0.4 is 5.73 Å². The summed E-state index contributed by atoms with van der Waals surface area (Å²) in [6.45, 7) is 5.32. The third-order valence-electron chi connectivity index (χ3n) is 0.983. The zero-order valence-corrected chi connectivity index (χ0v) is 6.31. The minimum absolute atomic E-state index is 0.306. The Labute approximate surface area is 56.1 Å². The van der Waals surface area contributed by atoms with Crippen LogP contribution in [0, 0.1) is 0 Å². The van der Waals surface area contributed by atoms with E-state index >= 15 is 0 Å². The van der Waals surface area contributed by atoms with E-state index < -0.39 is 0 Å². The fraction of sp³-hybridized carbons (Fsp3) is 1.00. The van der Waals surface area contributed by atoms with Crippen LogP contribution in [0.15, 0.2) is 0 Å². The first-order valence-corrected chi connectivity index (χ1v) is 3.06. The quantitative estimate of drug-likeness (QED) is 0.518. The van der Waals surface area contributed by atoms with E-state index in [0.717, 1.165) is 13.2 Å². The molecule has 1 saturated heterocycles. The summed E-state index contributed by atoms with van der Waals surface area (Å²) in [6.07, 6.45) is 0. The Morgan fingerprint density at radius 2 is 1.44 bits per heavy atom. The molecule has 0 radical (unpaired) electrons. The third-order valence-corrected chi connectivity index (χ3v) is 0.983. The average Bonchev–Trinajstić information content (AvgIpc) is 2.19. The second-order valence-electron chi connectivity index (χ2n) is 2.10. The molecule has 1 fully saturated rings. The lowest BCUT2D eigenvalue weighted by molar-refractivity contribution is -0.125. The molecular formula is C6H15NO2. The zero-order chi connectivity index (χ0) is 7.33. The van der Waals surface area contributed by atoms with E-state index in [1.54, 1.807) is 0 Å². The molecule has 2 N–H and O–H groups in total. The molecule has 3 nitrogen and oxygen atoms in total. The summed E-state index contributed by atoms with van der Waals surface area (Å²) in [5, 5.41) is 0. The Hall–Kier alpha value is -0.120. The number of rotatable bonds is 0. The SMILES string of the molecule is CC1(C)OCCO1.CN. The van der Waals surface area contributed by atoms with Crippen molar-refractivity contribution in [3.63, 3.8) is 0 Å². The molecule has 56 valence electrons. The van der Waals surface area contributed by atoms with Crippen LogP contribution in [0.25, 0.3) is 0 Å². The van der Waals surface area contributed by atoms with Crippen LogP contribution >= 0.6 is 0 Å². The molecule has 0 atom stereocenters. The maximum atomic E-state index is 5.12. The second-order valence-corrected chi connectivity index (χ2v) is 2.10. The molecule has 0 spiro atoms. The van der Waals surface area contributed by atoms with Crippen molar-refractivity contribution in [3.8, 4) is 0 Å². The minimum atomic E-state index is -0.306. The van der Waals surface area contributed by atoms with Gasteiger partial charge in [0.2, 0.25) is 0 Å². The maximum absolute atomic E-state index is 5.12. The number of nitrogens with two attached hydrogens (primary N) is 1. The predicted molar refractivity (Wildman–Crippen MR) is 36.1 cm³/mol. The van der Waals surface area contributed by atoms with E-state index in [4.69, 9.17) is 9.47 Å². The van der Waals surface area contributed by atoms with Crippen molar-refractivity contribution >= 4 is 0 Å². The van der Waals surface area contributed by atoms with E-state index in [1.807, 2.05) is 13.8 Å². The predicted octanol–water partition coefficient (Wildman–Crippen LogP) is 0.344.